The zero-order chi connectivity index (χ0) is 17.9. The van der Waals surface area contributed by atoms with E-state index in [0.29, 0.717) is 28.8 Å². The lowest BCUT2D eigenvalue weighted by Gasteiger charge is -2.05. The first kappa shape index (κ1) is 16.1. The third-order valence-electron chi connectivity index (χ3n) is 4.01. The zero-order valence-corrected chi connectivity index (χ0v) is 13.9. The zero-order valence-electron chi connectivity index (χ0n) is 13.9. The SMILES string of the molecule is O=C(/C=C/c1nc2ccccc2o1)Nc1ccc(C(=O)NC2CC2)cc1. The molecule has 6 heteroatoms. The van der Waals surface area contributed by atoms with Crippen LogP contribution in [0.25, 0.3) is 17.2 Å². The number of fused-ring (bicyclic) bond motifs is 1. The number of oxazole rings is 1. The van der Waals surface area contributed by atoms with E-state index in [1.165, 1.54) is 12.2 Å². The Hall–Kier alpha value is -3.41. The van der Waals surface area contributed by atoms with Gasteiger partial charge in [0.05, 0.1) is 0 Å². The summed E-state index contributed by atoms with van der Waals surface area (Å²) in [5, 5.41) is 5.66. The Bertz CT molecular complexity index is 952. The molecule has 0 radical (unpaired) electrons. The second-order valence-electron chi connectivity index (χ2n) is 6.17. The van der Waals surface area contributed by atoms with Gasteiger partial charge in [0, 0.05) is 29.4 Å². The van der Waals surface area contributed by atoms with Gasteiger partial charge in [0.2, 0.25) is 11.8 Å². The summed E-state index contributed by atoms with van der Waals surface area (Å²) in [6.07, 6.45) is 4.98. The van der Waals surface area contributed by atoms with E-state index in [9.17, 15) is 9.59 Å². The minimum absolute atomic E-state index is 0.0822. The van der Waals surface area contributed by atoms with Crippen molar-refractivity contribution < 1.29 is 14.0 Å². The van der Waals surface area contributed by atoms with Crippen LogP contribution in [0.5, 0.6) is 0 Å². The highest BCUT2D eigenvalue weighted by atomic mass is 16.3. The predicted molar refractivity (Wildman–Crippen MR) is 98.6 cm³/mol. The molecule has 1 fully saturated rings. The van der Waals surface area contributed by atoms with E-state index in [1.807, 2.05) is 24.3 Å². The highest BCUT2D eigenvalue weighted by Gasteiger charge is 2.23. The summed E-state index contributed by atoms with van der Waals surface area (Å²) in [6.45, 7) is 0. The smallest absolute Gasteiger partial charge is 0.251 e. The number of hydrogen-bond donors (Lipinski definition) is 2. The van der Waals surface area contributed by atoms with Crippen LogP contribution in [0.1, 0.15) is 29.1 Å². The fourth-order valence-electron chi connectivity index (χ4n) is 2.49. The van der Waals surface area contributed by atoms with Crippen molar-refractivity contribution in [1.29, 1.82) is 0 Å². The van der Waals surface area contributed by atoms with Gasteiger partial charge in [-0.2, -0.15) is 0 Å². The van der Waals surface area contributed by atoms with Crippen molar-refractivity contribution in [3.63, 3.8) is 0 Å². The van der Waals surface area contributed by atoms with Gasteiger partial charge >= 0.3 is 0 Å². The maximum absolute atomic E-state index is 12.0. The molecule has 1 aliphatic carbocycles. The maximum atomic E-state index is 12.0. The van der Waals surface area contributed by atoms with Gasteiger partial charge < -0.3 is 15.1 Å². The number of benzene rings is 2. The molecule has 2 N–H and O–H groups in total. The van der Waals surface area contributed by atoms with Gasteiger partial charge in [-0.1, -0.05) is 12.1 Å². The van der Waals surface area contributed by atoms with Gasteiger partial charge in [-0.25, -0.2) is 4.98 Å². The summed E-state index contributed by atoms with van der Waals surface area (Å²) in [6, 6.07) is 14.5. The molecule has 6 nitrogen and oxygen atoms in total. The van der Waals surface area contributed by atoms with Crippen LogP contribution in [0.4, 0.5) is 5.69 Å². The summed E-state index contributed by atoms with van der Waals surface area (Å²) in [7, 11) is 0. The lowest BCUT2D eigenvalue weighted by Crippen LogP contribution is -2.25. The largest absolute Gasteiger partial charge is 0.437 e. The Morgan fingerprint density at radius 3 is 2.58 bits per heavy atom. The summed E-state index contributed by atoms with van der Waals surface area (Å²) in [5.74, 6) is -0.0166. The lowest BCUT2D eigenvalue weighted by molar-refractivity contribution is -0.111. The topological polar surface area (TPSA) is 84.2 Å². The standard InChI is InChI=1S/C20H17N3O3/c24-18(11-12-19-23-16-3-1-2-4-17(16)26-19)21-14-7-5-13(6-8-14)20(25)22-15-9-10-15/h1-8,11-12,15H,9-10H2,(H,21,24)(H,22,25)/b12-11+. The van der Waals surface area contributed by atoms with Crippen molar-refractivity contribution in [3.05, 3.63) is 66.1 Å². The van der Waals surface area contributed by atoms with Crippen LogP contribution in [0, 0.1) is 0 Å². The van der Waals surface area contributed by atoms with Crippen LogP contribution < -0.4 is 10.6 Å². The number of amides is 2. The van der Waals surface area contributed by atoms with E-state index in [0.717, 1.165) is 18.4 Å². The Morgan fingerprint density at radius 1 is 1.08 bits per heavy atom. The minimum Gasteiger partial charge on any atom is -0.437 e. The fourth-order valence-corrected chi connectivity index (χ4v) is 2.49. The molecular weight excluding hydrogens is 330 g/mol. The molecule has 1 saturated carbocycles. The molecule has 2 aromatic carbocycles. The summed E-state index contributed by atoms with van der Waals surface area (Å²) >= 11 is 0. The molecule has 4 rings (SSSR count). The highest BCUT2D eigenvalue weighted by Crippen LogP contribution is 2.20. The number of anilines is 1. The Kier molecular flexibility index (Phi) is 4.23. The van der Waals surface area contributed by atoms with Crippen LogP contribution in [0.3, 0.4) is 0 Å². The molecule has 0 bridgehead atoms. The van der Waals surface area contributed by atoms with Crippen molar-refractivity contribution in [2.75, 3.05) is 5.32 Å². The number of carbonyl (C=O) groups is 2. The molecule has 0 unspecified atom stereocenters. The minimum atomic E-state index is -0.303. The van der Waals surface area contributed by atoms with E-state index in [2.05, 4.69) is 15.6 Å². The second kappa shape index (κ2) is 6.84. The third kappa shape index (κ3) is 3.80. The van der Waals surface area contributed by atoms with Crippen molar-refractivity contribution in [2.45, 2.75) is 18.9 Å². The van der Waals surface area contributed by atoms with Crippen LogP contribution >= 0.6 is 0 Å². The van der Waals surface area contributed by atoms with Gasteiger partial charge in [-0.05, 0) is 49.2 Å². The fraction of sp³-hybridized carbons (Fsp3) is 0.150. The van der Waals surface area contributed by atoms with Crippen LogP contribution in [0.15, 0.2) is 59.0 Å². The average Bonchev–Trinajstić information content (AvgIpc) is 3.36. The quantitative estimate of drug-likeness (QED) is 0.693. The van der Waals surface area contributed by atoms with E-state index in [4.69, 9.17) is 4.42 Å². The molecule has 3 aromatic rings. The monoisotopic (exact) mass is 347 g/mol. The van der Waals surface area contributed by atoms with E-state index in [-0.39, 0.29) is 11.8 Å². The van der Waals surface area contributed by atoms with Crippen LogP contribution in [-0.2, 0) is 4.79 Å². The molecule has 130 valence electrons. The molecule has 26 heavy (non-hydrogen) atoms. The van der Waals surface area contributed by atoms with Crippen LogP contribution in [-0.4, -0.2) is 22.8 Å². The summed E-state index contributed by atoms with van der Waals surface area (Å²) in [5.41, 5.74) is 2.61. The molecule has 1 heterocycles. The first-order valence-electron chi connectivity index (χ1n) is 8.43. The second-order valence-corrected chi connectivity index (χ2v) is 6.17. The predicted octanol–water partition coefficient (Wildman–Crippen LogP) is 3.37. The third-order valence-corrected chi connectivity index (χ3v) is 4.01. The number of hydrogen-bond acceptors (Lipinski definition) is 4. The first-order valence-corrected chi connectivity index (χ1v) is 8.43. The average molecular weight is 347 g/mol. The normalized spacial score (nSPS) is 13.8. The number of aromatic nitrogens is 1. The van der Waals surface area contributed by atoms with Gasteiger partial charge in [-0.3, -0.25) is 9.59 Å². The molecule has 0 atom stereocenters. The van der Waals surface area contributed by atoms with E-state index >= 15 is 0 Å². The molecule has 1 aromatic heterocycles. The van der Waals surface area contributed by atoms with E-state index in [1.54, 1.807) is 24.3 Å². The van der Waals surface area contributed by atoms with Crippen molar-refractivity contribution in [2.24, 2.45) is 0 Å². The van der Waals surface area contributed by atoms with Crippen molar-refractivity contribution >= 4 is 34.7 Å². The molecule has 2 amide bonds. The lowest BCUT2D eigenvalue weighted by atomic mass is 10.2. The Balaban J connectivity index is 1.37. The highest BCUT2D eigenvalue weighted by molar-refractivity contribution is 6.02. The Morgan fingerprint density at radius 2 is 1.85 bits per heavy atom. The molecule has 0 spiro atoms. The molecule has 0 saturated heterocycles. The van der Waals surface area contributed by atoms with Gasteiger partial charge in [-0.15, -0.1) is 0 Å². The van der Waals surface area contributed by atoms with Gasteiger partial charge in [0.1, 0.15) is 5.52 Å². The molecule has 0 aliphatic heterocycles. The number of carbonyl (C=O) groups excluding carboxylic acids is 2. The number of para-hydroxylation sites is 2. The number of nitrogens with zero attached hydrogens (tertiary/aromatic N) is 1. The molecule has 1 aliphatic rings. The van der Waals surface area contributed by atoms with Gasteiger partial charge in [0.25, 0.3) is 5.91 Å². The van der Waals surface area contributed by atoms with E-state index < -0.39 is 0 Å². The first-order chi connectivity index (χ1) is 12.7. The summed E-state index contributed by atoms with van der Waals surface area (Å²) < 4.78 is 5.53. The molecular formula is C20H17N3O3. The number of nitrogens with one attached hydrogen (secondary N) is 2. The Labute approximate surface area is 149 Å². The summed E-state index contributed by atoms with van der Waals surface area (Å²) in [4.78, 5) is 28.2. The van der Waals surface area contributed by atoms with Crippen molar-refractivity contribution in [3.8, 4) is 0 Å². The maximum Gasteiger partial charge on any atom is 0.251 e. The van der Waals surface area contributed by atoms with Gasteiger partial charge in [0.15, 0.2) is 5.58 Å². The van der Waals surface area contributed by atoms with Crippen LogP contribution in [0.2, 0.25) is 0 Å². The van der Waals surface area contributed by atoms with Crippen molar-refractivity contribution in [1.82, 2.24) is 10.3 Å². The number of rotatable bonds is 5.